The van der Waals surface area contributed by atoms with Gasteiger partial charge in [-0.15, -0.1) is 0 Å². The maximum atomic E-state index is 10.9. The monoisotopic (exact) mass is 272 g/mol. The molecule has 0 unspecified atom stereocenters. The highest BCUT2D eigenvalue weighted by molar-refractivity contribution is 5.80. The van der Waals surface area contributed by atoms with Gasteiger partial charge in [-0.1, -0.05) is 19.8 Å². The molecule has 1 heterocycles. The van der Waals surface area contributed by atoms with E-state index in [0.717, 1.165) is 38.6 Å². The number of primary amides is 1. The van der Waals surface area contributed by atoms with Gasteiger partial charge in [-0.05, 0) is 39.7 Å². The zero-order valence-electron chi connectivity index (χ0n) is 12.4. The van der Waals surface area contributed by atoms with Crippen LogP contribution in [-0.2, 0) is 14.3 Å². The van der Waals surface area contributed by atoms with E-state index in [0.29, 0.717) is 6.42 Å². The van der Waals surface area contributed by atoms with Crippen molar-refractivity contribution in [3.8, 4) is 0 Å². The Morgan fingerprint density at radius 2 is 2.05 bits per heavy atom. The van der Waals surface area contributed by atoms with Gasteiger partial charge in [0.25, 0.3) is 0 Å². The molecule has 0 radical (unpaired) electrons. The quantitative estimate of drug-likeness (QED) is 0.570. The highest BCUT2D eigenvalue weighted by Gasteiger charge is 2.18. The summed E-state index contributed by atoms with van der Waals surface area (Å²) in [6.45, 7) is 6.80. The topological polar surface area (TPSA) is 81.4 Å². The molecule has 1 atom stereocenters. The van der Waals surface area contributed by atoms with Crippen molar-refractivity contribution in [2.24, 2.45) is 5.73 Å². The van der Waals surface area contributed by atoms with Crippen LogP contribution < -0.4 is 11.1 Å². The van der Waals surface area contributed by atoms with Crippen LogP contribution in [0.2, 0.25) is 0 Å². The molecule has 112 valence electrons. The molecule has 1 saturated heterocycles. The van der Waals surface area contributed by atoms with Crippen LogP contribution in [0.15, 0.2) is 0 Å². The second kappa shape index (κ2) is 10.8. The number of amides is 1. The van der Waals surface area contributed by atoms with Gasteiger partial charge < -0.3 is 15.8 Å². The van der Waals surface area contributed by atoms with Gasteiger partial charge in [0.15, 0.2) is 0 Å². The SMILES string of the molecule is CCCCCC(=O)OC(C)C.NC(=O)[C@@H]1CCCN1. The zero-order valence-corrected chi connectivity index (χ0v) is 12.4. The Labute approximate surface area is 116 Å². The molecule has 0 aliphatic carbocycles. The second-order valence-electron chi connectivity index (χ2n) is 5.05. The number of carbonyl (C=O) groups is 2. The standard InChI is InChI=1S/C9H18O2.C5H10N2O/c1-4-5-6-7-9(10)11-8(2)3;6-5(8)4-2-1-3-7-4/h8H,4-7H2,1-3H3;4,7H,1-3H2,(H2,6,8)/t;4-/m.0/s1. The third-order valence-corrected chi connectivity index (χ3v) is 2.76. The van der Waals surface area contributed by atoms with E-state index in [1.54, 1.807) is 0 Å². The second-order valence-corrected chi connectivity index (χ2v) is 5.05. The number of hydrogen-bond acceptors (Lipinski definition) is 4. The molecule has 3 N–H and O–H groups in total. The van der Waals surface area contributed by atoms with Gasteiger partial charge in [0, 0.05) is 6.42 Å². The highest BCUT2D eigenvalue weighted by Crippen LogP contribution is 2.02. The van der Waals surface area contributed by atoms with Crippen LogP contribution in [0.5, 0.6) is 0 Å². The number of unbranched alkanes of at least 4 members (excludes halogenated alkanes) is 2. The summed E-state index contributed by atoms with van der Waals surface area (Å²) < 4.78 is 4.96. The molecule has 1 aliphatic heterocycles. The average molecular weight is 272 g/mol. The minimum Gasteiger partial charge on any atom is -0.463 e. The van der Waals surface area contributed by atoms with E-state index in [2.05, 4.69) is 12.2 Å². The van der Waals surface area contributed by atoms with Crippen molar-refractivity contribution in [3.05, 3.63) is 0 Å². The maximum absolute atomic E-state index is 10.9. The van der Waals surface area contributed by atoms with Crippen LogP contribution in [0, 0.1) is 0 Å². The summed E-state index contributed by atoms with van der Waals surface area (Å²) >= 11 is 0. The summed E-state index contributed by atoms with van der Waals surface area (Å²) in [5.41, 5.74) is 5.00. The van der Waals surface area contributed by atoms with E-state index >= 15 is 0 Å². The Bertz CT molecular complexity index is 261. The Balaban J connectivity index is 0.000000356. The number of hydrogen-bond donors (Lipinski definition) is 2. The van der Waals surface area contributed by atoms with E-state index in [1.165, 1.54) is 0 Å². The first-order chi connectivity index (χ1) is 8.97. The molecule has 5 nitrogen and oxygen atoms in total. The smallest absolute Gasteiger partial charge is 0.306 e. The molecular weight excluding hydrogens is 244 g/mol. The third-order valence-electron chi connectivity index (χ3n) is 2.76. The number of carbonyl (C=O) groups excluding carboxylic acids is 2. The van der Waals surface area contributed by atoms with Gasteiger partial charge in [-0.2, -0.15) is 0 Å². The van der Waals surface area contributed by atoms with Crippen molar-refractivity contribution in [3.63, 3.8) is 0 Å². The van der Waals surface area contributed by atoms with Crippen molar-refractivity contribution >= 4 is 11.9 Å². The van der Waals surface area contributed by atoms with Crippen LogP contribution in [0.25, 0.3) is 0 Å². The molecule has 1 aliphatic rings. The maximum Gasteiger partial charge on any atom is 0.306 e. The van der Waals surface area contributed by atoms with Gasteiger partial charge >= 0.3 is 5.97 Å². The Kier molecular flexibility index (Phi) is 10.2. The molecule has 0 aromatic rings. The van der Waals surface area contributed by atoms with E-state index in [1.807, 2.05) is 13.8 Å². The highest BCUT2D eigenvalue weighted by atomic mass is 16.5. The summed E-state index contributed by atoms with van der Waals surface area (Å²) in [5, 5.41) is 2.98. The Hall–Kier alpha value is -1.10. The lowest BCUT2D eigenvalue weighted by Gasteiger charge is -2.06. The lowest BCUT2D eigenvalue weighted by atomic mass is 10.2. The Morgan fingerprint density at radius 1 is 1.37 bits per heavy atom. The summed E-state index contributed by atoms with van der Waals surface area (Å²) in [6, 6.07) is -0.0463. The summed E-state index contributed by atoms with van der Waals surface area (Å²) in [5.74, 6) is -0.282. The first-order valence-corrected chi connectivity index (χ1v) is 7.19. The predicted molar refractivity (Wildman–Crippen MR) is 75.6 cm³/mol. The van der Waals surface area contributed by atoms with Crippen LogP contribution in [0.1, 0.15) is 59.3 Å². The molecule has 0 bridgehead atoms. The largest absolute Gasteiger partial charge is 0.463 e. The van der Waals surface area contributed by atoms with Crippen molar-refractivity contribution in [1.82, 2.24) is 5.32 Å². The number of nitrogens with one attached hydrogen (secondary N) is 1. The normalized spacial score (nSPS) is 17.8. The molecule has 0 spiro atoms. The van der Waals surface area contributed by atoms with Gasteiger partial charge in [-0.25, -0.2) is 0 Å². The fourth-order valence-corrected chi connectivity index (χ4v) is 1.77. The fraction of sp³-hybridized carbons (Fsp3) is 0.857. The molecule has 1 rings (SSSR count). The van der Waals surface area contributed by atoms with Crippen LogP contribution in [0.3, 0.4) is 0 Å². The predicted octanol–water partition coefficient (Wildman–Crippen LogP) is 1.74. The lowest BCUT2D eigenvalue weighted by Crippen LogP contribution is -2.36. The molecule has 5 heteroatoms. The van der Waals surface area contributed by atoms with Crippen molar-refractivity contribution in [2.75, 3.05) is 6.54 Å². The molecule has 0 aromatic heterocycles. The Morgan fingerprint density at radius 3 is 2.42 bits per heavy atom. The third kappa shape index (κ3) is 10.5. The van der Waals surface area contributed by atoms with Crippen LogP contribution in [0.4, 0.5) is 0 Å². The van der Waals surface area contributed by atoms with Crippen molar-refractivity contribution < 1.29 is 14.3 Å². The van der Waals surface area contributed by atoms with Gasteiger partial charge in [0.05, 0.1) is 12.1 Å². The lowest BCUT2D eigenvalue weighted by molar-refractivity contribution is -0.147. The van der Waals surface area contributed by atoms with Crippen molar-refractivity contribution in [2.45, 2.75) is 71.4 Å². The minimum absolute atomic E-state index is 0.0316. The minimum atomic E-state index is -0.220. The summed E-state index contributed by atoms with van der Waals surface area (Å²) in [4.78, 5) is 21.3. The number of ether oxygens (including phenoxy) is 1. The molecule has 19 heavy (non-hydrogen) atoms. The summed E-state index contributed by atoms with van der Waals surface area (Å²) in [6.07, 6.45) is 5.82. The van der Waals surface area contributed by atoms with Gasteiger partial charge in [0.2, 0.25) is 5.91 Å². The molecule has 0 saturated carbocycles. The number of nitrogens with two attached hydrogens (primary N) is 1. The number of esters is 1. The molecule has 1 amide bonds. The molecule has 0 aromatic carbocycles. The van der Waals surface area contributed by atoms with E-state index in [4.69, 9.17) is 10.5 Å². The van der Waals surface area contributed by atoms with Crippen LogP contribution in [-0.4, -0.2) is 30.6 Å². The van der Waals surface area contributed by atoms with E-state index < -0.39 is 0 Å². The van der Waals surface area contributed by atoms with Gasteiger partial charge in [-0.3, -0.25) is 9.59 Å². The number of rotatable bonds is 6. The van der Waals surface area contributed by atoms with Crippen molar-refractivity contribution in [1.29, 1.82) is 0 Å². The zero-order chi connectivity index (χ0) is 14.7. The molecular formula is C14H28N2O3. The summed E-state index contributed by atoms with van der Waals surface area (Å²) in [7, 11) is 0. The van der Waals surface area contributed by atoms with Gasteiger partial charge in [0.1, 0.15) is 0 Å². The van der Waals surface area contributed by atoms with E-state index in [9.17, 15) is 9.59 Å². The first-order valence-electron chi connectivity index (χ1n) is 7.19. The first kappa shape index (κ1) is 17.9. The van der Waals surface area contributed by atoms with E-state index in [-0.39, 0.29) is 24.0 Å². The average Bonchev–Trinajstić information content (AvgIpc) is 2.82. The molecule has 1 fully saturated rings. The van der Waals surface area contributed by atoms with Crippen LogP contribution >= 0.6 is 0 Å². The fourth-order valence-electron chi connectivity index (χ4n) is 1.77.